The highest BCUT2D eigenvalue weighted by atomic mass is 16.6. The van der Waals surface area contributed by atoms with Crippen LogP contribution >= 0.6 is 0 Å². The summed E-state index contributed by atoms with van der Waals surface area (Å²) in [5.41, 5.74) is 4.17. The van der Waals surface area contributed by atoms with Gasteiger partial charge in [0, 0.05) is 11.6 Å². The number of hydrogen-bond acceptors (Lipinski definition) is 5. The summed E-state index contributed by atoms with van der Waals surface area (Å²) in [6.07, 6.45) is 0. The summed E-state index contributed by atoms with van der Waals surface area (Å²) in [4.78, 5) is 34.3. The Morgan fingerprint density at radius 3 is 2.50 bits per heavy atom. The molecule has 0 heterocycles. The molecule has 0 atom stereocenters. The van der Waals surface area contributed by atoms with Crippen LogP contribution < -0.4 is 15.6 Å². The number of nitrogens with zero attached hydrogens (tertiary/aromatic N) is 1. The molecule has 8 heteroatoms. The van der Waals surface area contributed by atoms with Gasteiger partial charge in [-0.25, -0.2) is 0 Å². The highest BCUT2D eigenvalue weighted by Gasteiger charge is 2.19. The van der Waals surface area contributed by atoms with Gasteiger partial charge in [-0.2, -0.15) is 0 Å². The predicted molar refractivity (Wildman–Crippen MR) is 85.6 cm³/mol. The van der Waals surface area contributed by atoms with Crippen LogP contribution in [0.2, 0.25) is 0 Å². The van der Waals surface area contributed by atoms with Crippen molar-refractivity contribution in [1.82, 2.24) is 10.9 Å². The second kappa shape index (κ2) is 7.73. The second-order valence-corrected chi connectivity index (χ2v) is 4.64. The first-order valence-corrected chi connectivity index (χ1v) is 7.10. The molecule has 0 aliphatic carbocycles. The predicted octanol–water partition coefficient (Wildman–Crippen LogP) is 2.07. The third kappa shape index (κ3) is 4.07. The van der Waals surface area contributed by atoms with Gasteiger partial charge in [0.2, 0.25) is 0 Å². The number of benzene rings is 2. The van der Waals surface area contributed by atoms with Crippen LogP contribution in [0.3, 0.4) is 0 Å². The van der Waals surface area contributed by atoms with Crippen LogP contribution in [-0.4, -0.2) is 23.3 Å². The van der Waals surface area contributed by atoms with Crippen molar-refractivity contribution in [3.8, 4) is 5.75 Å². The van der Waals surface area contributed by atoms with Gasteiger partial charge >= 0.3 is 0 Å². The summed E-state index contributed by atoms with van der Waals surface area (Å²) in [5, 5.41) is 10.9. The maximum Gasteiger partial charge on any atom is 0.282 e. The third-order valence-corrected chi connectivity index (χ3v) is 3.04. The van der Waals surface area contributed by atoms with E-state index in [-0.39, 0.29) is 16.8 Å². The molecule has 24 heavy (non-hydrogen) atoms. The van der Waals surface area contributed by atoms with Crippen molar-refractivity contribution in [3.05, 3.63) is 69.8 Å². The summed E-state index contributed by atoms with van der Waals surface area (Å²) in [6.45, 7) is 2.28. The summed E-state index contributed by atoms with van der Waals surface area (Å²) >= 11 is 0. The van der Waals surface area contributed by atoms with Gasteiger partial charge in [-0.15, -0.1) is 0 Å². The summed E-state index contributed by atoms with van der Waals surface area (Å²) in [5.74, 6) is -0.824. The number of para-hydroxylation sites is 1. The molecule has 0 bridgehead atoms. The smallest absolute Gasteiger partial charge is 0.282 e. The summed E-state index contributed by atoms with van der Waals surface area (Å²) < 4.78 is 5.29. The molecule has 0 fully saturated rings. The molecule has 124 valence electrons. The standard InChI is InChI=1S/C16H15N3O5/c1-2-24-12-7-5-6-11(10-12)15(20)17-18-16(21)13-8-3-4-9-14(13)19(22)23/h3-10H,2H2,1H3,(H,17,20)(H,18,21). The van der Waals surface area contributed by atoms with Gasteiger partial charge in [-0.3, -0.25) is 30.6 Å². The van der Waals surface area contributed by atoms with E-state index in [0.29, 0.717) is 12.4 Å². The van der Waals surface area contributed by atoms with E-state index in [9.17, 15) is 19.7 Å². The van der Waals surface area contributed by atoms with Crippen LogP contribution in [0.1, 0.15) is 27.6 Å². The van der Waals surface area contributed by atoms with Crippen molar-refractivity contribution in [3.63, 3.8) is 0 Å². The number of nitro benzene ring substituents is 1. The van der Waals surface area contributed by atoms with E-state index in [4.69, 9.17) is 4.74 Å². The number of rotatable bonds is 5. The highest BCUT2D eigenvalue weighted by molar-refractivity contribution is 6.01. The van der Waals surface area contributed by atoms with E-state index >= 15 is 0 Å². The van der Waals surface area contributed by atoms with Crippen LogP contribution in [0.25, 0.3) is 0 Å². The van der Waals surface area contributed by atoms with Crippen LogP contribution in [0.5, 0.6) is 5.75 Å². The summed E-state index contributed by atoms with van der Waals surface area (Å²) in [7, 11) is 0. The Hall–Kier alpha value is -3.42. The molecule has 0 radical (unpaired) electrons. The molecular weight excluding hydrogens is 314 g/mol. The van der Waals surface area contributed by atoms with E-state index in [0.717, 1.165) is 0 Å². The van der Waals surface area contributed by atoms with Crippen LogP contribution in [0.4, 0.5) is 5.69 Å². The fraction of sp³-hybridized carbons (Fsp3) is 0.125. The molecule has 8 nitrogen and oxygen atoms in total. The van der Waals surface area contributed by atoms with Gasteiger partial charge in [0.15, 0.2) is 0 Å². The molecular formula is C16H15N3O5. The number of amides is 2. The van der Waals surface area contributed by atoms with E-state index in [1.807, 2.05) is 6.92 Å². The van der Waals surface area contributed by atoms with E-state index in [1.54, 1.807) is 18.2 Å². The zero-order valence-electron chi connectivity index (χ0n) is 12.8. The van der Waals surface area contributed by atoms with Gasteiger partial charge in [0.05, 0.1) is 11.5 Å². The average Bonchev–Trinajstić information content (AvgIpc) is 2.60. The van der Waals surface area contributed by atoms with Crippen molar-refractivity contribution in [2.24, 2.45) is 0 Å². The molecule has 2 aromatic carbocycles. The Morgan fingerprint density at radius 1 is 1.08 bits per heavy atom. The van der Waals surface area contributed by atoms with Crippen molar-refractivity contribution >= 4 is 17.5 Å². The van der Waals surface area contributed by atoms with Gasteiger partial charge in [0.25, 0.3) is 17.5 Å². The second-order valence-electron chi connectivity index (χ2n) is 4.64. The molecule has 0 aliphatic rings. The number of ether oxygens (including phenoxy) is 1. The Morgan fingerprint density at radius 2 is 1.79 bits per heavy atom. The molecule has 2 amide bonds. The van der Waals surface area contributed by atoms with Crippen molar-refractivity contribution in [1.29, 1.82) is 0 Å². The Kier molecular flexibility index (Phi) is 5.45. The number of hydrogen-bond donors (Lipinski definition) is 2. The molecule has 2 N–H and O–H groups in total. The van der Waals surface area contributed by atoms with Crippen LogP contribution in [-0.2, 0) is 0 Å². The number of hydrazine groups is 1. The minimum atomic E-state index is -0.781. The fourth-order valence-corrected chi connectivity index (χ4v) is 1.97. The van der Waals surface area contributed by atoms with E-state index < -0.39 is 16.7 Å². The Balaban J connectivity index is 2.05. The molecule has 0 aromatic heterocycles. The van der Waals surface area contributed by atoms with E-state index in [2.05, 4.69) is 10.9 Å². The van der Waals surface area contributed by atoms with Gasteiger partial charge in [-0.05, 0) is 31.2 Å². The average molecular weight is 329 g/mol. The molecule has 0 unspecified atom stereocenters. The van der Waals surface area contributed by atoms with Gasteiger partial charge < -0.3 is 4.74 Å². The Labute approximate surface area is 137 Å². The van der Waals surface area contributed by atoms with Gasteiger partial charge in [0.1, 0.15) is 11.3 Å². The number of nitro groups is 1. The van der Waals surface area contributed by atoms with Crippen molar-refractivity contribution < 1.29 is 19.2 Å². The molecule has 0 spiro atoms. The third-order valence-electron chi connectivity index (χ3n) is 3.04. The lowest BCUT2D eigenvalue weighted by atomic mass is 10.2. The molecule has 2 rings (SSSR count). The summed E-state index contributed by atoms with van der Waals surface area (Å²) in [6, 6.07) is 11.9. The lowest BCUT2D eigenvalue weighted by Gasteiger charge is -2.09. The van der Waals surface area contributed by atoms with Crippen molar-refractivity contribution in [2.45, 2.75) is 6.92 Å². The van der Waals surface area contributed by atoms with Crippen molar-refractivity contribution in [2.75, 3.05) is 6.61 Å². The highest BCUT2D eigenvalue weighted by Crippen LogP contribution is 2.17. The van der Waals surface area contributed by atoms with E-state index in [1.165, 1.54) is 30.3 Å². The van der Waals surface area contributed by atoms with Crippen LogP contribution in [0, 0.1) is 10.1 Å². The maximum atomic E-state index is 12.0. The van der Waals surface area contributed by atoms with Crippen LogP contribution in [0.15, 0.2) is 48.5 Å². The zero-order valence-corrected chi connectivity index (χ0v) is 12.8. The molecule has 0 saturated heterocycles. The topological polar surface area (TPSA) is 111 Å². The molecule has 0 aliphatic heterocycles. The lowest BCUT2D eigenvalue weighted by molar-refractivity contribution is -0.385. The van der Waals surface area contributed by atoms with Gasteiger partial charge in [-0.1, -0.05) is 18.2 Å². The number of nitrogens with one attached hydrogen (secondary N) is 2. The maximum absolute atomic E-state index is 12.0. The normalized spacial score (nSPS) is 9.88. The number of carbonyl (C=O) groups excluding carboxylic acids is 2. The zero-order chi connectivity index (χ0) is 17.5. The first kappa shape index (κ1) is 16.9. The first-order valence-electron chi connectivity index (χ1n) is 7.10. The largest absolute Gasteiger partial charge is 0.494 e. The fourth-order valence-electron chi connectivity index (χ4n) is 1.97. The number of carbonyl (C=O) groups is 2. The monoisotopic (exact) mass is 329 g/mol. The minimum Gasteiger partial charge on any atom is -0.494 e. The first-order chi connectivity index (χ1) is 11.5. The minimum absolute atomic E-state index is 0.147. The quantitative estimate of drug-likeness (QED) is 0.644. The lowest BCUT2D eigenvalue weighted by Crippen LogP contribution is -2.41. The molecule has 0 saturated carbocycles. The molecule has 2 aromatic rings. The SMILES string of the molecule is CCOc1cccc(C(=O)NNC(=O)c2ccccc2[N+](=O)[O-])c1. The Bertz CT molecular complexity index is 776.